The maximum atomic E-state index is 10.4. The Morgan fingerprint density at radius 1 is 1.41 bits per heavy atom. The molecule has 1 rings (SSSR count). The molecule has 6 heteroatoms. The lowest BCUT2D eigenvalue weighted by Gasteiger charge is -2.12. The highest BCUT2D eigenvalue weighted by Gasteiger charge is 2.10. The van der Waals surface area contributed by atoms with Gasteiger partial charge in [0, 0.05) is 6.54 Å². The van der Waals surface area contributed by atoms with Crippen LogP contribution in [0.25, 0.3) is 0 Å². The summed E-state index contributed by atoms with van der Waals surface area (Å²) in [4.78, 5) is 10.4. The highest BCUT2D eigenvalue weighted by atomic mass is 79.9. The molecule has 0 saturated heterocycles. The quantitative estimate of drug-likeness (QED) is 0.836. The van der Waals surface area contributed by atoms with Gasteiger partial charge in [-0.15, -0.1) is 0 Å². The standard InChI is InChI=1S/C11H14BrNO4/c1-16-9-4-7(5-13-6-10(14)15)3-8(12)11(9)17-2/h3-4,13H,5-6H2,1-2H3,(H,14,15). The minimum Gasteiger partial charge on any atom is -0.493 e. The number of hydrogen-bond acceptors (Lipinski definition) is 4. The summed E-state index contributed by atoms with van der Waals surface area (Å²) in [5.41, 5.74) is 0.913. The van der Waals surface area contributed by atoms with E-state index in [1.807, 2.05) is 6.07 Å². The summed E-state index contributed by atoms with van der Waals surface area (Å²) in [7, 11) is 3.11. The second-order valence-corrected chi connectivity index (χ2v) is 4.16. The molecule has 0 amide bonds. The molecule has 0 heterocycles. The van der Waals surface area contributed by atoms with E-state index in [-0.39, 0.29) is 6.54 Å². The Balaban J connectivity index is 2.80. The number of ether oxygens (including phenoxy) is 2. The average molecular weight is 304 g/mol. The van der Waals surface area contributed by atoms with Gasteiger partial charge in [0.15, 0.2) is 11.5 Å². The fraction of sp³-hybridized carbons (Fsp3) is 0.364. The van der Waals surface area contributed by atoms with Gasteiger partial charge in [0.1, 0.15) is 0 Å². The topological polar surface area (TPSA) is 67.8 Å². The van der Waals surface area contributed by atoms with Crippen LogP contribution >= 0.6 is 15.9 Å². The molecular weight excluding hydrogens is 290 g/mol. The normalized spacial score (nSPS) is 10.1. The van der Waals surface area contributed by atoms with E-state index in [4.69, 9.17) is 14.6 Å². The van der Waals surface area contributed by atoms with Crippen LogP contribution in [0.5, 0.6) is 11.5 Å². The smallest absolute Gasteiger partial charge is 0.317 e. The molecule has 0 bridgehead atoms. The summed E-state index contributed by atoms with van der Waals surface area (Å²) in [5.74, 6) is 0.341. The van der Waals surface area contributed by atoms with Gasteiger partial charge in [0.25, 0.3) is 0 Å². The van der Waals surface area contributed by atoms with Crippen LogP contribution in [-0.2, 0) is 11.3 Å². The van der Waals surface area contributed by atoms with Crippen molar-refractivity contribution in [2.75, 3.05) is 20.8 Å². The molecule has 0 aliphatic carbocycles. The Morgan fingerprint density at radius 2 is 2.12 bits per heavy atom. The van der Waals surface area contributed by atoms with Gasteiger partial charge in [-0.05, 0) is 33.6 Å². The molecule has 0 radical (unpaired) electrons. The van der Waals surface area contributed by atoms with Gasteiger partial charge in [0.2, 0.25) is 0 Å². The molecule has 0 spiro atoms. The number of benzene rings is 1. The van der Waals surface area contributed by atoms with Crippen LogP contribution in [0, 0.1) is 0 Å². The molecule has 5 nitrogen and oxygen atoms in total. The van der Waals surface area contributed by atoms with E-state index in [2.05, 4.69) is 21.2 Å². The molecule has 0 unspecified atom stereocenters. The van der Waals surface area contributed by atoms with E-state index in [1.165, 1.54) is 0 Å². The molecule has 0 aliphatic heterocycles. The number of carboxylic acid groups (broad SMARTS) is 1. The van der Waals surface area contributed by atoms with Crippen molar-refractivity contribution in [1.82, 2.24) is 5.32 Å². The molecule has 17 heavy (non-hydrogen) atoms. The molecule has 0 aliphatic rings. The average Bonchev–Trinajstić information content (AvgIpc) is 2.27. The number of hydrogen-bond donors (Lipinski definition) is 2. The second kappa shape index (κ2) is 6.46. The van der Waals surface area contributed by atoms with E-state index >= 15 is 0 Å². The Labute approximate surface area is 108 Å². The molecule has 0 saturated carbocycles. The summed E-state index contributed by atoms with van der Waals surface area (Å²) in [6.07, 6.45) is 0. The largest absolute Gasteiger partial charge is 0.493 e. The zero-order valence-electron chi connectivity index (χ0n) is 9.62. The van der Waals surface area contributed by atoms with Crippen LogP contribution in [0.15, 0.2) is 16.6 Å². The number of methoxy groups -OCH3 is 2. The predicted octanol–water partition coefficient (Wildman–Crippen LogP) is 1.64. The zero-order chi connectivity index (χ0) is 12.8. The van der Waals surface area contributed by atoms with Crippen LogP contribution < -0.4 is 14.8 Å². The van der Waals surface area contributed by atoms with Crippen molar-refractivity contribution in [2.24, 2.45) is 0 Å². The molecule has 0 fully saturated rings. The lowest BCUT2D eigenvalue weighted by Crippen LogP contribution is -2.21. The van der Waals surface area contributed by atoms with Gasteiger partial charge in [0.05, 0.1) is 25.2 Å². The maximum Gasteiger partial charge on any atom is 0.317 e. The molecule has 1 aromatic rings. The first kappa shape index (κ1) is 13.8. The first-order valence-electron chi connectivity index (χ1n) is 4.91. The SMILES string of the molecule is COc1cc(CNCC(=O)O)cc(Br)c1OC. The monoisotopic (exact) mass is 303 g/mol. The first-order valence-corrected chi connectivity index (χ1v) is 5.70. The van der Waals surface area contributed by atoms with Crippen LogP contribution in [0.1, 0.15) is 5.56 Å². The molecule has 2 N–H and O–H groups in total. The Kier molecular flexibility index (Phi) is 5.24. The number of carboxylic acids is 1. The Hall–Kier alpha value is -1.27. The van der Waals surface area contributed by atoms with Gasteiger partial charge in [-0.2, -0.15) is 0 Å². The number of aliphatic carboxylic acids is 1. The lowest BCUT2D eigenvalue weighted by atomic mass is 10.2. The van der Waals surface area contributed by atoms with Gasteiger partial charge >= 0.3 is 5.97 Å². The maximum absolute atomic E-state index is 10.4. The summed E-state index contributed by atoms with van der Waals surface area (Å²) in [6.45, 7) is 0.372. The van der Waals surface area contributed by atoms with Crippen molar-refractivity contribution in [1.29, 1.82) is 0 Å². The number of carbonyl (C=O) groups is 1. The third-order valence-electron chi connectivity index (χ3n) is 2.10. The van der Waals surface area contributed by atoms with Crippen molar-refractivity contribution in [3.63, 3.8) is 0 Å². The van der Waals surface area contributed by atoms with E-state index in [0.717, 1.165) is 10.0 Å². The molecule has 94 valence electrons. The van der Waals surface area contributed by atoms with Crippen LogP contribution in [0.4, 0.5) is 0 Å². The summed E-state index contributed by atoms with van der Waals surface area (Å²) >= 11 is 3.37. The fourth-order valence-electron chi connectivity index (χ4n) is 1.39. The van der Waals surface area contributed by atoms with Crippen molar-refractivity contribution in [2.45, 2.75) is 6.54 Å². The fourth-order valence-corrected chi connectivity index (χ4v) is 2.04. The highest BCUT2D eigenvalue weighted by Crippen LogP contribution is 2.36. The van der Waals surface area contributed by atoms with E-state index in [1.54, 1.807) is 20.3 Å². The summed E-state index contributed by atoms with van der Waals surface area (Å²) < 4.78 is 11.1. The number of nitrogens with one attached hydrogen (secondary N) is 1. The molecule has 0 aromatic heterocycles. The number of rotatable bonds is 6. The third kappa shape index (κ3) is 3.90. The van der Waals surface area contributed by atoms with Crippen molar-refractivity contribution in [3.8, 4) is 11.5 Å². The van der Waals surface area contributed by atoms with Crippen LogP contribution in [-0.4, -0.2) is 31.8 Å². The Morgan fingerprint density at radius 3 is 2.65 bits per heavy atom. The van der Waals surface area contributed by atoms with Crippen LogP contribution in [0.3, 0.4) is 0 Å². The van der Waals surface area contributed by atoms with Gasteiger partial charge in [-0.1, -0.05) is 0 Å². The van der Waals surface area contributed by atoms with Gasteiger partial charge in [-0.25, -0.2) is 0 Å². The molecular formula is C11H14BrNO4. The van der Waals surface area contributed by atoms with Crippen molar-refractivity contribution >= 4 is 21.9 Å². The predicted molar refractivity (Wildman–Crippen MR) is 66.6 cm³/mol. The van der Waals surface area contributed by atoms with E-state index < -0.39 is 5.97 Å². The molecule has 0 atom stereocenters. The van der Waals surface area contributed by atoms with E-state index in [0.29, 0.717) is 18.0 Å². The van der Waals surface area contributed by atoms with Crippen molar-refractivity contribution in [3.05, 3.63) is 22.2 Å². The summed E-state index contributed by atoms with van der Waals surface area (Å²) in [6, 6.07) is 3.66. The minimum absolute atomic E-state index is 0.0774. The van der Waals surface area contributed by atoms with Gasteiger partial charge < -0.3 is 19.9 Å². The third-order valence-corrected chi connectivity index (χ3v) is 2.69. The van der Waals surface area contributed by atoms with Crippen molar-refractivity contribution < 1.29 is 19.4 Å². The summed E-state index contributed by atoms with van der Waals surface area (Å²) in [5, 5.41) is 11.3. The van der Waals surface area contributed by atoms with E-state index in [9.17, 15) is 4.79 Å². The lowest BCUT2D eigenvalue weighted by molar-refractivity contribution is -0.135. The zero-order valence-corrected chi connectivity index (χ0v) is 11.2. The number of halogens is 1. The second-order valence-electron chi connectivity index (χ2n) is 3.31. The van der Waals surface area contributed by atoms with Crippen LogP contribution in [0.2, 0.25) is 0 Å². The highest BCUT2D eigenvalue weighted by molar-refractivity contribution is 9.10. The Bertz CT molecular complexity index is 409. The van der Waals surface area contributed by atoms with Gasteiger partial charge in [-0.3, -0.25) is 4.79 Å². The first-order chi connectivity index (χ1) is 8.08. The minimum atomic E-state index is -0.885. The molecule has 1 aromatic carbocycles.